The minimum atomic E-state index is 0.151. The van der Waals surface area contributed by atoms with Crippen molar-refractivity contribution >= 4 is 11.6 Å². The second-order valence-corrected chi connectivity index (χ2v) is 5.56. The summed E-state index contributed by atoms with van der Waals surface area (Å²) in [5, 5.41) is 8.68. The van der Waals surface area contributed by atoms with Crippen molar-refractivity contribution in [3.63, 3.8) is 0 Å². The van der Waals surface area contributed by atoms with Crippen molar-refractivity contribution in [1.29, 1.82) is 0 Å². The summed E-state index contributed by atoms with van der Waals surface area (Å²) in [4.78, 5) is 4.60. The summed E-state index contributed by atoms with van der Waals surface area (Å²) in [5.74, 6) is 0. The maximum absolute atomic E-state index is 6.39. The van der Waals surface area contributed by atoms with Crippen LogP contribution < -0.4 is 5.32 Å². The van der Waals surface area contributed by atoms with Gasteiger partial charge in [-0.3, -0.25) is 9.67 Å². The van der Waals surface area contributed by atoms with Gasteiger partial charge >= 0.3 is 0 Å². The molecule has 2 rings (SSSR count). The number of nitrogens with zero attached hydrogens (tertiary/aromatic N) is 3. The molecular weight excluding hydrogens is 284 g/mol. The van der Waals surface area contributed by atoms with E-state index >= 15 is 0 Å². The van der Waals surface area contributed by atoms with Crippen molar-refractivity contribution in [3.8, 4) is 0 Å². The summed E-state index contributed by atoms with van der Waals surface area (Å²) in [5.41, 5.74) is 4.31. The van der Waals surface area contributed by atoms with Gasteiger partial charge in [0, 0.05) is 19.7 Å². The molecule has 0 aromatic carbocycles. The van der Waals surface area contributed by atoms with Gasteiger partial charge < -0.3 is 5.32 Å². The Hall–Kier alpha value is -1.39. The lowest BCUT2D eigenvalue weighted by Gasteiger charge is -2.20. The van der Waals surface area contributed by atoms with Crippen LogP contribution in [0.2, 0.25) is 5.02 Å². The molecule has 0 bridgehead atoms. The summed E-state index contributed by atoms with van der Waals surface area (Å²) < 4.78 is 1.87. The first-order valence-electron chi connectivity index (χ1n) is 7.43. The number of hydrogen-bond acceptors (Lipinski definition) is 3. The summed E-state index contributed by atoms with van der Waals surface area (Å²) >= 11 is 6.39. The fraction of sp³-hybridized carbons (Fsp3) is 0.500. The van der Waals surface area contributed by atoms with Gasteiger partial charge in [0.2, 0.25) is 0 Å². The van der Waals surface area contributed by atoms with Crippen LogP contribution in [0.1, 0.15) is 42.5 Å². The van der Waals surface area contributed by atoms with Crippen LogP contribution in [0.3, 0.4) is 0 Å². The molecule has 1 N–H and O–H groups in total. The monoisotopic (exact) mass is 306 g/mol. The first kappa shape index (κ1) is 16.0. The molecule has 0 fully saturated rings. The molecule has 0 spiro atoms. The molecule has 114 valence electrons. The van der Waals surface area contributed by atoms with Crippen LogP contribution in [0.5, 0.6) is 0 Å². The van der Waals surface area contributed by atoms with Gasteiger partial charge in [0.25, 0.3) is 0 Å². The number of pyridine rings is 1. The van der Waals surface area contributed by atoms with E-state index in [1.165, 1.54) is 5.56 Å². The van der Waals surface area contributed by atoms with Gasteiger partial charge in [-0.2, -0.15) is 5.10 Å². The number of nitrogens with one attached hydrogen (secondary N) is 1. The summed E-state index contributed by atoms with van der Waals surface area (Å²) in [6.07, 6.45) is 3.62. The van der Waals surface area contributed by atoms with Gasteiger partial charge in [0.1, 0.15) is 0 Å². The zero-order valence-electron chi connectivity index (χ0n) is 13.2. The minimum absolute atomic E-state index is 0.151. The van der Waals surface area contributed by atoms with E-state index in [-0.39, 0.29) is 6.04 Å². The first-order valence-corrected chi connectivity index (χ1v) is 7.81. The number of aromatic nitrogens is 3. The Morgan fingerprint density at radius 2 is 2.14 bits per heavy atom. The normalized spacial score (nSPS) is 12.6. The van der Waals surface area contributed by atoms with Crippen LogP contribution in [0.25, 0.3) is 0 Å². The third-order valence-corrected chi connectivity index (χ3v) is 4.24. The molecular formula is C16H23ClN4. The summed E-state index contributed by atoms with van der Waals surface area (Å²) in [6.45, 7) is 7.09. The second-order valence-electron chi connectivity index (χ2n) is 5.19. The Morgan fingerprint density at radius 3 is 2.71 bits per heavy atom. The highest BCUT2D eigenvalue weighted by Gasteiger charge is 2.20. The lowest BCUT2D eigenvalue weighted by Crippen LogP contribution is -2.26. The van der Waals surface area contributed by atoms with Crippen molar-refractivity contribution in [1.82, 2.24) is 20.1 Å². The van der Waals surface area contributed by atoms with Gasteiger partial charge in [0.05, 0.1) is 28.1 Å². The topological polar surface area (TPSA) is 42.7 Å². The molecule has 0 aliphatic rings. The van der Waals surface area contributed by atoms with Crippen LogP contribution in [-0.2, 0) is 19.9 Å². The van der Waals surface area contributed by atoms with Crippen molar-refractivity contribution < 1.29 is 0 Å². The average Bonchev–Trinajstić information content (AvgIpc) is 2.73. The minimum Gasteiger partial charge on any atom is -0.309 e. The van der Waals surface area contributed by atoms with E-state index in [4.69, 9.17) is 11.6 Å². The fourth-order valence-corrected chi connectivity index (χ4v) is 2.91. The third-order valence-electron chi connectivity index (χ3n) is 3.75. The highest BCUT2D eigenvalue weighted by Crippen LogP contribution is 2.26. The number of likely N-dealkylation sites (N-methyl/N-ethyl adjacent to an activating group) is 1. The van der Waals surface area contributed by atoms with E-state index in [0.717, 1.165) is 41.5 Å². The standard InChI is InChI=1S/C16H23ClN4/c1-5-12-8-7-9-19-16(12)13(18-6-2)10-14-15(17)11(3)20-21(14)4/h7-9,13,18H,5-6,10H2,1-4H3. The zero-order chi connectivity index (χ0) is 15.4. The molecule has 4 nitrogen and oxygen atoms in total. The predicted octanol–water partition coefficient (Wildman–Crippen LogP) is 3.23. The molecule has 0 aliphatic heterocycles. The van der Waals surface area contributed by atoms with Crippen LogP contribution in [-0.4, -0.2) is 21.3 Å². The average molecular weight is 307 g/mol. The van der Waals surface area contributed by atoms with Crippen molar-refractivity contribution in [2.75, 3.05) is 6.54 Å². The summed E-state index contributed by atoms with van der Waals surface area (Å²) in [7, 11) is 1.94. The van der Waals surface area contributed by atoms with Gasteiger partial charge in [-0.1, -0.05) is 31.5 Å². The van der Waals surface area contributed by atoms with Crippen molar-refractivity contribution in [3.05, 3.63) is 46.0 Å². The number of hydrogen-bond donors (Lipinski definition) is 1. The molecule has 5 heteroatoms. The molecule has 1 unspecified atom stereocenters. The van der Waals surface area contributed by atoms with E-state index in [0.29, 0.717) is 0 Å². The Kier molecular flexibility index (Phi) is 5.37. The largest absolute Gasteiger partial charge is 0.309 e. The quantitative estimate of drug-likeness (QED) is 0.891. The van der Waals surface area contributed by atoms with Crippen LogP contribution in [0, 0.1) is 6.92 Å². The molecule has 1 atom stereocenters. The van der Waals surface area contributed by atoms with Crippen molar-refractivity contribution in [2.24, 2.45) is 7.05 Å². The lowest BCUT2D eigenvalue weighted by atomic mass is 10.0. The number of aryl methyl sites for hydroxylation is 3. The second kappa shape index (κ2) is 7.05. The van der Waals surface area contributed by atoms with Crippen LogP contribution in [0.15, 0.2) is 18.3 Å². The molecule has 0 radical (unpaired) electrons. The van der Waals surface area contributed by atoms with Crippen LogP contribution in [0.4, 0.5) is 0 Å². The van der Waals surface area contributed by atoms with Gasteiger partial charge in [0.15, 0.2) is 0 Å². The molecule has 0 amide bonds. The molecule has 2 aromatic rings. The van der Waals surface area contributed by atoms with Gasteiger partial charge in [-0.05, 0) is 31.5 Å². The van der Waals surface area contributed by atoms with E-state index in [2.05, 4.69) is 35.3 Å². The Labute approximate surface area is 131 Å². The highest BCUT2D eigenvalue weighted by molar-refractivity contribution is 6.31. The Morgan fingerprint density at radius 1 is 1.38 bits per heavy atom. The molecule has 0 saturated heterocycles. The smallest absolute Gasteiger partial charge is 0.0847 e. The predicted molar refractivity (Wildman–Crippen MR) is 86.7 cm³/mol. The molecule has 2 aromatic heterocycles. The van der Waals surface area contributed by atoms with Crippen LogP contribution >= 0.6 is 11.6 Å². The van der Waals surface area contributed by atoms with Crippen molar-refractivity contribution in [2.45, 2.75) is 39.7 Å². The highest BCUT2D eigenvalue weighted by atomic mass is 35.5. The van der Waals surface area contributed by atoms with E-state index < -0.39 is 0 Å². The lowest BCUT2D eigenvalue weighted by molar-refractivity contribution is 0.513. The number of rotatable bonds is 6. The maximum atomic E-state index is 6.39. The van der Waals surface area contributed by atoms with E-state index in [1.54, 1.807) is 0 Å². The molecule has 2 heterocycles. The van der Waals surface area contributed by atoms with E-state index in [1.807, 2.05) is 30.9 Å². The van der Waals surface area contributed by atoms with E-state index in [9.17, 15) is 0 Å². The molecule has 0 aliphatic carbocycles. The SMILES string of the molecule is CCNC(Cc1c(Cl)c(C)nn1C)c1ncccc1CC. The Balaban J connectivity index is 2.35. The first-order chi connectivity index (χ1) is 10.1. The zero-order valence-corrected chi connectivity index (χ0v) is 13.9. The molecule has 21 heavy (non-hydrogen) atoms. The fourth-order valence-electron chi connectivity index (χ4n) is 2.67. The Bertz CT molecular complexity index is 606. The maximum Gasteiger partial charge on any atom is 0.0847 e. The molecule has 0 saturated carbocycles. The third kappa shape index (κ3) is 3.44. The van der Waals surface area contributed by atoms with Gasteiger partial charge in [-0.25, -0.2) is 0 Å². The summed E-state index contributed by atoms with van der Waals surface area (Å²) in [6, 6.07) is 4.29. The number of halogens is 1. The van der Waals surface area contributed by atoms with Gasteiger partial charge in [-0.15, -0.1) is 0 Å².